The van der Waals surface area contributed by atoms with Crippen molar-refractivity contribution in [1.29, 1.82) is 0 Å². The van der Waals surface area contributed by atoms with E-state index in [0.29, 0.717) is 0 Å². The first-order valence-corrected chi connectivity index (χ1v) is 1.52. The summed E-state index contributed by atoms with van der Waals surface area (Å²) in [5, 5.41) is 18.6. The SMILES string of the molecule is O=C([O-])CC(=O)[O-].[Rb+].[Rb+]. The van der Waals surface area contributed by atoms with Crippen LogP contribution in [0.4, 0.5) is 0 Å². The maximum Gasteiger partial charge on any atom is 1.00 e. The molecular weight excluding hydrogens is 271 g/mol. The summed E-state index contributed by atoms with van der Waals surface area (Å²) in [6.45, 7) is 0. The second-order valence-electron chi connectivity index (χ2n) is 0.921. The van der Waals surface area contributed by atoms with Gasteiger partial charge >= 0.3 is 116 Å². The van der Waals surface area contributed by atoms with Crippen molar-refractivity contribution >= 4 is 11.9 Å². The maximum absolute atomic E-state index is 9.28. The molecule has 0 bridgehead atoms. The van der Waals surface area contributed by atoms with E-state index in [1.165, 1.54) is 0 Å². The van der Waals surface area contributed by atoms with Gasteiger partial charge in [0.15, 0.2) is 0 Å². The molecule has 0 spiro atoms. The molecule has 0 aromatic carbocycles. The number of carboxylic acids is 2. The quantitative estimate of drug-likeness (QED) is 0.468. The van der Waals surface area contributed by atoms with Gasteiger partial charge < -0.3 is 19.8 Å². The topological polar surface area (TPSA) is 80.3 Å². The monoisotopic (exact) mass is 272 g/mol. The molecule has 0 N–H and O–H groups in total. The zero-order valence-electron chi connectivity index (χ0n) is 5.34. The van der Waals surface area contributed by atoms with E-state index in [9.17, 15) is 19.8 Å². The molecule has 0 radical (unpaired) electrons. The van der Waals surface area contributed by atoms with Crippen LogP contribution in [0.25, 0.3) is 0 Å². The van der Waals surface area contributed by atoms with Crippen molar-refractivity contribution in [1.82, 2.24) is 0 Å². The number of carbonyl (C=O) groups excluding carboxylic acids is 2. The molecule has 0 aliphatic heterocycles. The van der Waals surface area contributed by atoms with Gasteiger partial charge in [-0.3, -0.25) is 0 Å². The summed E-state index contributed by atoms with van der Waals surface area (Å²) in [6.07, 6.45) is -1.03. The first kappa shape index (κ1) is 17.6. The van der Waals surface area contributed by atoms with Gasteiger partial charge in [-0.05, 0) is 0 Å². The standard InChI is InChI=1S/C3H4O4.2Rb/c4-2(5)1-3(6)7;;/h1H2,(H,4,5)(H,6,7);;/q;2*+1/p-2. The van der Waals surface area contributed by atoms with Gasteiger partial charge in [0, 0.05) is 18.4 Å². The Bertz CT molecular complexity index is 90.0. The molecule has 6 heteroatoms. The van der Waals surface area contributed by atoms with Gasteiger partial charge in [0.05, 0.1) is 0 Å². The van der Waals surface area contributed by atoms with Crippen molar-refractivity contribution in [2.75, 3.05) is 0 Å². The Morgan fingerprint density at radius 1 is 1.00 bits per heavy atom. The molecule has 0 aliphatic carbocycles. The van der Waals surface area contributed by atoms with Crippen LogP contribution < -0.4 is 127 Å². The largest absolute Gasteiger partial charge is 1.00 e. The fourth-order valence-electron chi connectivity index (χ4n) is 0.118. The molecule has 0 atom stereocenters. The molecular formula is C3H2O4Rb2. The number of rotatable bonds is 2. The second kappa shape index (κ2) is 10.6. The first-order valence-electron chi connectivity index (χ1n) is 1.52. The van der Waals surface area contributed by atoms with Crippen LogP contribution in [0.5, 0.6) is 0 Å². The zero-order chi connectivity index (χ0) is 5.86. The molecule has 0 amide bonds. The van der Waals surface area contributed by atoms with Crippen LogP contribution in [-0.2, 0) is 9.59 Å². The predicted molar refractivity (Wildman–Crippen MR) is 14.6 cm³/mol. The van der Waals surface area contributed by atoms with Crippen LogP contribution in [0.2, 0.25) is 0 Å². The van der Waals surface area contributed by atoms with Crippen LogP contribution in [0, 0.1) is 0 Å². The van der Waals surface area contributed by atoms with Crippen LogP contribution in [0.1, 0.15) is 6.42 Å². The summed E-state index contributed by atoms with van der Waals surface area (Å²) in [6, 6.07) is 0. The molecule has 0 aliphatic rings. The molecule has 0 saturated heterocycles. The van der Waals surface area contributed by atoms with Crippen molar-refractivity contribution in [3.63, 3.8) is 0 Å². The minimum absolute atomic E-state index is 0. The van der Waals surface area contributed by atoms with Crippen molar-refractivity contribution in [2.24, 2.45) is 0 Å². The van der Waals surface area contributed by atoms with Crippen molar-refractivity contribution in [2.45, 2.75) is 6.42 Å². The third-order valence-electron chi connectivity index (χ3n) is 0.289. The molecule has 0 aromatic rings. The van der Waals surface area contributed by atoms with Crippen molar-refractivity contribution in [3.8, 4) is 0 Å². The average molecular weight is 273 g/mol. The Kier molecular flexibility index (Phi) is 20.6. The van der Waals surface area contributed by atoms with Gasteiger partial charge in [0.2, 0.25) is 0 Å². The molecule has 0 aromatic heterocycles. The van der Waals surface area contributed by atoms with Crippen molar-refractivity contribution < 1.29 is 136 Å². The fourth-order valence-corrected chi connectivity index (χ4v) is 0.118. The Morgan fingerprint density at radius 2 is 1.22 bits per heavy atom. The van der Waals surface area contributed by atoms with Crippen LogP contribution in [-0.4, -0.2) is 11.9 Å². The minimum Gasteiger partial charge on any atom is -0.550 e. The number of carboxylic acid groups (broad SMARTS) is 2. The van der Waals surface area contributed by atoms with E-state index in [1.54, 1.807) is 0 Å². The summed E-state index contributed by atoms with van der Waals surface area (Å²) in [5.41, 5.74) is 0. The van der Waals surface area contributed by atoms with E-state index in [1.807, 2.05) is 0 Å². The van der Waals surface area contributed by atoms with E-state index >= 15 is 0 Å². The van der Waals surface area contributed by atoms with Crippen LogP contribution >= 0.6 is 0 Å². The molecule has 0 heterocycles. The van der Waals surface area contributed by atoms with Gasteiger partial charge in [-0.2, -0.15) is 0 Å². The first-order chi connectivity index (χ1) is 3.13. The Labute approximate surface area is 150 Å². The Hall–Kier alpha value is 2.55. The third-order valence-corrected chi connectivity index (χ3v) is 0.289. The van der Waals surface area contributed by atoms with Gasteiger partial charge in [-0.1, -0.05) is 0 Å². The Morgan fingerprint density at radius 3 is 1.22 bits per heavy atom. The summed E-state index contributed by atoms with van der Waals surface area (Å²) in [4.78, 5) is 18.6. The van der Waals surface area contributed by atoms with E-state index in [0.717, 1.165) is 0 Å². The summed E-state index contributed by atoms with van der Waals surface area (Å²) in [7, 11) is 0. The minimum atomic E-state index is -1.63. The summed E-state index contributed by atoms with van der Waals surface area (Å²) in [5.74, 6) is -3.25. The van der Waals surface area contributed by atoms with Gasteiger partial charge in [-0.15, -0.1) is 0 Å². The number of aliphatic carboxylic acids is 2. The third kappa shape index (κ3) is 18.0. The van der Waals surface area contributed by atoms with E-state index in [2.05, 4.69) is 0 Å². The normalized spacial score (nSPS) is 6.22. The summed E-state index contributed by atoms with van der Waals surface area (Å²) >= 11 is 0. The smallest absolute Gasteiger partial charge is 0.550 e. The molecule has 4 nitrogen and oxygen atoms in total. The molecule has 0 saturated carbocycles. The predicted octanol–water partition coefficient (Wildman–Crippen LogP) is -9.12. The molecule has 0 fully saturated rings. The van der Waals surface area contributed by atoms with Gasteiger partial charge in [-0.25, -0.2) is 0 Å². The number of hydrogen-bond acceptors (Lipinski definition) is 4. The fraction of sp³-hybridized carbons (Fsp3) is 0.333. The van der Waals surface area contributed by atoms with Crippen molar-refractivity contribution in [3.05, 3.63) is 0 Å². The van der Waals surface area contributed by atoms with E-state index in [4.69, 9.17) is 0 Å². The molecule has 40 valence electrons. The molecule has 9 heavy (non-hydrogen) atoms. The number of carbonyl (C=O) groups is 2. The second-order valence-corrected chi connectivity index (χ2v) is 0.921. The average Bonchev–Trinajstić information content (AvgIpc) is 1.27. The van der Waals surface area contributed by atoms with E-state index in [-0.39, 0.29) is 116 Å². The molecule has 0 unspecified atom stereocenters. The van der Waals surface area contributed by atoms with Gasteiger partial charge in [0.25, 0.3) is 0 Å². The van der Waals surface area contributed by atoms with Crippen LogP contribution in [0.15, 0.2) is 0 Å². The maximum atomic E-state index is 9.28. The van der Waals surface area contributed by atoms with Gasteiger partial charge in [0.1, 0.15) is 0 Å². The Balaban J connectivity index is -0.000000180. The summed E-state index contributed by atoms with van der Waals surface area (Å²) < 4.78 is 0. The van der Waals surface area contributed by atoms with Crippen LogP contribution in [0.3, 0.4) is 0 Å². The van der Waals surface area contributed by atoms with E-state index < -0.39 is 18.4 Å². The number of hydrogen-bond donors (Lipinski definition) is 0. The molecule has 0 rings (SSSR count). The zero-order valence-corrected chi connectivity index (χ0v) is 15.2.